The largest absolute Gasteiger partial charge is 0.453 e. The van der Waals surface area contributed by atoms with Gasteiger partial charge in [-0.25, -0.2) is 4.98 Å². The lowest BCUT2D eigenvalue weighted by atomic mass is 9.97. The van der Waals surface area contributed by atoms with Crippen molar-refractivity contribution in [2.75, 3.05) is 18.0 Å². The summed E-state index contributed by atoms with van der Waals surface area (Å²) in [5.41, 5.74) is 0.606. The Morgan fingerprint density at radius 1 is 1.11 bits per heavy atom. The monoisotopic (exact) mass is 392 g/mol. The van der Waals surface area contributed by atoms with Gasteiger partial charge in [0.15, 0.2) is 0 Å². The predicted molar refractivity (Wildman–Crippen MR) is 93.1 cm³/mol. The van der Waals surface area contributed by atoms with Crippen LogP contribution < -0.4 is 4.90 Å². The van der Waals surface area contributed by atoms with Crippen molar-refractivity contribution < 1.29 is 13.2 Å². The Bertz CT molecular complexity index is 1040. The Morgan fingerprint density at radius 2 is 1.96 bits per heavy atom. The van der Waals surface area contributed by atoms with Crippen molar-refractivity contribution in [1.82, 2.24) is 34.3 Å². The second-order valence-corrected chi connectivity index (χ2v) is 7.42. The molecule has 5 heterocycles. The normalized spacial score (nSPS) is 20.1. The van der Waals surface area contributed by atoms with Gasteiger partial charge in [0.05, 0.1) is 0 Å². The average molecular weight is 392 g/mol. The summed E-state index contributed by atoms with van der Waals surface area (Å²) in [6.07, 6.45) is -0.681. The molecule has 0 radical (unpaired) electrons. The van der Waals surface area contributed by atoms with Gasteiger partial charge in [-0.2, -0.15) is 22.7 Å². The van der Waals surface area contributed by atoms with Crippen LogP contribution in [0.15, 0.2) is 6.07 Å². The number of alkyl halides is 3. The second kappa shape index (κ2) is 6.14. The minimum atomic E-state index is -4.61. The summed E-state index contributed by atoms with van der Waals surface area (Å²) in [7, 11) is 0. The van der Waals surface area contributed by atoms with Gasteiger partial charge in [0.25, 0.3) is 11.6 Å². The molecular formula is C17H19F3N8. The molecule has 5 rings (SSSR count). The van der Waals surface area contributed by atoms with E-state index in [0.717, 1.165) is 50.4 Å². The number of nitrogens with zero attached hydrogens (tertiary/aromatic N) is 8. The molecule has 3 aromatic heterocycles. The molecule has 8 nitrogen and oxygen atoms in total. The molecule has 2 aliphatic heterocycles. The first-order chi connectivity index (χ1) is 13.4. The van der Waals surface area contributed by atoms with Crippen molar-refractivity contribution in [1.29, 1.82) is 0 Å². The molecule has 1 atom stereocenters. The zero-order chi connectivity index (χ0) is 19.5. The van der Waals surface area contributed by atoms with Crippen LogP contribution in [0.25, 0.3) is 5.78 Å². The molecule has 1 unspecified atom stereocenters. The highest BCUT2D eigenvalue weighted by Crippen LogP contribution is 2.32. The number of hydrogen-bond acceptors (Lipinski definition) is 6. The topological polar surface area (TPSA) is 77.0 Å². The quantitative estimate of drug-likeness (QED) is 0.667. The average Bonchev–Trinajstić information content (AvgIpc) is 3.35. The summed E-state index contributed by atoms with van der Waals surface area (Å²) in [5, 5.41) is 12.4. The molecule has 0 saturated carbocycles. The zero-order valence-corrected chi connectivity index (χ0v) is 15.3. The van der Waals surface area contributed by atoms with Crippen LogP contribution in [0.2, 0.25) is 0 Å². The van der Waals surface area contributed by atoms with Crippen molar-refractivity contribution in [3.8, 4) is 0 Å². The highest BCUT2D eigenvalue weighted by atomic mass is 19.4. The van der Waals surface area contributed by atoms with E-state index in [1.54, 1.807) is 13.0 Å². The minimum Gasteiger partial charge on any atom is -0.356 e. The van der Waals surface area contributed by atoms with E-state index < -0.39 is 12.0 Å². The molecule has 0 aromatic carbocycles. The fourth-order valence-electron chi connectivity index (χ4n) is 4.18. The Morgan fingerprint density at radius 3 is 2.79 bits per heavy atom. The first-order valence-electron chi connectivity index (χ1n) is 9.38. The Kier molecular flexibility index (Phi) is 3.81. The molecule has 0 N–H and O–H groups in total. The van der Waals surface area contributed by atoms with Crippen LogP contribution in [0.1, 0.15) is 48.3 Å². The van der Waals surface area contributed by atoms with E-state index in [-0.39, 0.29) is 11.7 Å². The maximum Gasteiger partial charge on any atom is 0.453 e. The highest BCUT2D eigenvalue weighted by Gasteiger charge is 2.37. The summed E-state index contributed by atoms with van der Waals surface area (Å²) < 4.78 is 42.6. The SMILES string of the molecule is Cc1cc(N2CCCC(c3nnc4n3CCC4)C2)n2nc(C(F)(F)F)nc2n1. The van der Waals surface area contributed by atoms with Gasteiger partial charge in [-0.3, -0.25) is 0 Å². The van der Waals surface area contributed by atoms with E-state index in [2.05, 4.69) is 34.7 Å². The van der Waals surface area contributed by atoms with Gasteiger partial charge in [0, 0.05) is 43.7 Å². The van der Waals surface area contributed by atoms with Crippen LogP contribution in [0.5, 0.6) is 0 Å². The number of halogens is 3. The summed E-state index contributed by atoms with van der Waals surface area (Å²) in [6, 6.07) is 1.76. The van der Waals surface area contributed by atoms with Crippen LogP contribution in [-0.2, 0) is 19.1 Å². The molecule has 0 spiro atoms. The summed E-state index contributed by atoms with van der Waals surface area (Å²) in [5.74, 6) is 1.57. The molecule has 1 saturated heterocycles. The van der Waals surface area contributed by atoms with Gasteiger partial charge >= 0.3 is 6.18 Å². The number of anilines is 1. The lowest BCUT2D eigenvalue weighted by Crippen LogP contribution is -2.36. The number of rotatable bonds is 2. The molecular weight excluding hydrogens is 373 g/mol. The van der Waals surface area contributed by atoms with Crippen molar-refractivity contribution in [2.24, 2.45) is 0 Å². The number of fused-ring (bicyclic) bond motifs is 2. The van der Waals surface area contributed by atoms with Crippen molar-refractivity contribution >= 4 is 11.6 Å². The standard InChI is InChI=1S/C17H19F3N8/c1-10-8-13(28-16(21-10)22-15(25-28)17(18,19)20)26-6-2-4-11(9-26)14-24-23-12-5-3-7-27(12)14/h8,11H,2-7,9H2,1H3. The third-order valence-corrected chi connectivity index (χ3v) is 5.42. The summed E-state index contributed by atoms with van der Waals surface area (Å²) in [4.78, 5) is 9.75. The third-order valence-electron chi connectivity index (χ3n) is 5.42. The van der Waals surface area contributed by atoms with Crippen molar-refractivity contribution in [3.63, 3.8) is 0 Å². The highest BCUT2D eigenvalue weighted by molar-refractivity contribution is 5.48. The fraction of sp³-hybridized carbons (Fsp3) is 0.588. The fourth-order valence-corrected chi connectivity index (χ4v) is 4.18. The van der Waals surface area contributed by atoms with E-state index in [1.807, 2.05) is 0 Å². The van der Waals surface area contributed by atoms with E-state index in [0.29, 0.717) is 18.1 Å². The zero-order valence-electron chi connectivity index (χ0n) is 15.3. The van der Waals surface area contributed by atoms with Gasteiger partial charge in [0.1, 0.15) is 17.5 Å². The lowest BCUT2D eigenvalue weighted by molar-refractivity contribution is -0.144. The maximum atomic E-state index is 13.1. The van der Waals surface area contributed by atoms with E-state index in [4.69, 9.17) is 0 Å². The van der Waals surface area contributed by atoms with Crippen LogP contribution in [-0.4, -0.2) is 47.4 Å². The number of piperidine rings is 1. The van der Waals surface area contributed by atoms with Gasteiger partial charge in [-0.1, -0.05) is 0 Å². The molecule has 1 fully saturated rings. The molecule has 0 aliphatic carbocycles. The Labute approximate surface area is 158 Å². The first kappa shape index (κ1) is 17.4. The minimum absolute atomic E-state index is 0.0344. The number of hydrogen-bond donors (Lipinski definition) is 0. The van der Waals surface area contributed by atoms with Crippen LogP contribution in [0, 0.1) is 6.92 Å². The molecule has 11 heteroatoms. The van der Waals surface area contributed by atoms with Crippen molar-refractivity contribution in [2.45, 2.75) is 51.2 Å². The van der Waals surface area contributed by atoms with Gasteiger partial charge in [-0.05, 0) is 26.2 Å². The van der Waals surface area contributed by atoms with Crippen LogP contribution in [0.3, 0.4) is 0 Å². The van der Waals surface area contributed by atoms with E-state index in [1.165, 1.54) is 4.52 Å². The summed E-state index contributed by atoms with van der Waals surface area (Å²) >= 11 is 0. The first-order valence-corrected chi connectivity index (χ1v) is 9.38. The van der Waals surface area contributed by atoms with Crippen molar-refractivity contribution in [3.05, 3.63) is 29.2 Å². The lowest BCUT2D eigenvalue weighted by Gasteiger charge is -2.33. The number of aryl methyl sites for hydroxylation is 2. The predicted octanol–water partition coefficient (Wildman–Crippen LogP) is 2.37. The van der Waals surface area contributed by atoms with Gasteiger partial charge < -0.3 is 9.47 Å². The van der Waals surface area contributed by atoms with E-state index >= 15 is 0 Å². The van der Waals surface area contributed by atoms with Crippen LogP contribution in [0.4, 0.5) is 19.0 Å². The maximum absolute atomic E-state index is 13.1. The number of aromatic nitrogens is 7. The van der Waals surface area contributed by atoms with Gasteiger partial charge in [0.2, 0.25) is 0 Å². The smallest absolute Gasteiger partial charge is 0.356 e. The Balaban J connectivity index is 1.51. The summed E-state index contributed by atoms with van der Waals surface area (Å²) in [6.45, 7) is 4.07. The Hall–Kier alpha value is -2.72. The molecule has 28 heavy (non-hydrogen) atoms. The van der Waals surface area contributed by atoms with Gasteiger partial charge in [-0.15, -0.1) is 15.3 Å². The molecule has 0 bridgehead atoms. The molecule has 0 amide bonds. The molecule has 148 valence electrons. The second-order valence-electron chi connectivity index (χ2n) is 7.42. The van der Waals surface area contributed by atoms with Crippen LogP contribution >= 0.6 is 0 Å². The van der Waals surface area contributed by atoms with E-state index in [9.17, 15) is 13.2 Å². The molecule has 2 aliphatic rings. The molecule has 3 aromatic rings. The third kappa shape index (κ3) is 2.80.